The lowest BCUT2D eigenvalue weighted by Gasteiger charge is -2.06. The number of nitrogens with zero attached hydrogens (tertiary/aromatic N) is 1. The third kappa shape index (κ3) is 4.73. The van der Waals surface area contributed by atoms with Crippen molar-refractivity contribution in [2.45, 2.75) is 24.7 Å². The first-order valence-electron chi connectivity index (χ1n) is 9.98. The average molecular weight is 452 g/mol. The summed E-state index contributed by atoms with van der Waals surface area (Å²) in [5.41, 5.74) is 4.52. The second kappa shape index (κ2) is 8.69. The van der Waals surface area contributed by atoms with Crippen molar-refractivity contribution < 1.29 is 12.8 Å². The summed E-state index contributed by atoms with van der Waals surface area (Å²) in [6, 6.07) is 22.5. The minimum atomic E-state index is -3.27. The molecule has 0 bridgehead atoms. The van der Waals surface area contributed by atoms with Gasteiger partial charge in [0.15, 0.2) is 21.5 Å². The molecule has 158 valence electrons. The minimum absolute atomic E-state index is 0.265. The van der Waals surface area contributed by atoms with Gasteiger partial charge in [0.2, 0.25) is 0 Å². The topological polar surface area (TPSA) is 60.2 Å². The Bertz CT molecular complexity index is 1310. The number of hydrogen-bond acceptors (Lipinski definition) is 4. The van der Waals surface area contributed by atoms with Crippen LogP contribution in [-0.2, 0) is 22.7 Å². The lowest BCUT2D eigenvalue weighted by molar-refractivity contribution is 0.519. The molecule has 4 nitrogen and oxygen atoms in total. The van der Waals surface area contributed by atoms with Gasteiger partial charge < -0.3 is 4.42 Å². The van der Waals surface area contributed by atoms with Gasteiger partial charge in [0.1, 0.15) is 5.69 Å². The van der Waals surface area contributed by atoms with Gasteiger partial charge in [-0.15, -0.1) is 0 Å². The van der Waals surface area contributed by atoms with Crippen LogP contribution in [0, 0.1) is 0 Å². The Hall–Kier alpha value is -2.89. The maximum atomic E-state index is 11.8. The molecule has 1 heterocycles. The van der Waals surface area contributed by atoms with Gasteiger partial charge in [0, 0.05) is 28.8 Å². The number of aromatic nitrogens is 1. The van der Waals surface area contributed by atoms with Crippen LogP contribution in [0.25, 0.3) is 22.6 Å². The Morgan fingerprint density at radius 1 is 0.935 bits per heavy atom. The largest absolute Gasteiger partial charge is 0.440 e. The standard InChI is InChI=1S/C25H22ClNO3S/c1-3-18-16-20(11-14-22(18)26)24-25(19-9-12-21(13-10-19)31(2,28)29)30-23(27-24)15-17-7-5-4-6-8-17/h4-14,16H,3,15H2,1-2H3. The fourth-order valence-corrected chi connectivity index (χ4v) is 4.33. The third-order valence-electron chi connectivity index (χ3n) is 5.11. The Balaban J connectivity index is 1.82. The lowest BCUT2D eigenvalue weighted by Crippen LogP contribution is -1.96. The summed E-state index contributed by atoms with van der Waals surface area (Å²) >= 11 is 6.31. The summed E-state index contributed by atoms with van der Waals surface area (Å²) in [5.74, 6) is 1.20. The summed E-state index contributed by atoms with van der Waals surface area (Å²) < 4.78 is 29.9. The van der Waals surface area contributed by atoms with Gasteiger partial charge >= 0.3 is 0 Å². The average Bonchev–Trinajstić information content (AvgIpc) is 3.18. The van der Waals surface area contributed by atoms with E-state index in [9.17, 15) is 8.42 Å². The zero-order valence-corrected chi connectivity index (χ0v) is 18.9. The predicted molar refractivity (Wildman–Crippen MR) is 124 cm³/mol. The SMILES string of the molecule is CCc1cc(-c2nc(Cc3ccccc3)oc2-c2ccc(S(C)(=O)=O)cc2)ccc1Cl. The Morgan fingerprint density at radius 3 is 2.26 bits per heavy atom. The normalized spacial score (nSPS) is 11.6. The van der Waals surface area contributed by atoms with Gasteiger partial charge in [-0.3, -0.25) is 0 Å². The smallest absolute Gasteiger partial charge is 0.199 e. The molecule has 0 saturated heterocycles. The van der Waals surface area contributed by atoms with Crippen molar-refractivity contribution in [3.05, 3.63) is 94.8 Å². The molecular weight excluding hydrogens is 430 g/mol. The first-order chi connectivity index (χ1) is 14.8. The first kappa shape index (κ1) is 21.3. The minimum Gasteiger partial charge on any atom is -0.440 e. The van der Waals surface area contributed by atoms with Gasteiger partial charge in [0.25, 0.3) is 0 Å². The second-order valence-electron chi connectivity index (χ2n) is 7.40. The van der Waals surface area contributed by atoms with E-state index in [1.165, 1.54) is 6.26 Å². The molecule has 0 fully saturated rings. The molecule has 0 aliphatic heterocycles. The molecule has 6 heteroatoms. The van der Waals surface area contributed by atoms with Crippen LogP contribution in [0.2, 0.25) is 5.02 Å². The Morgan fingerprint density at radius 2 is 1.61 bits per heavy atom. The van der Waals surface area contributed by atoms with E-state index in [0.717, 1.165) is 33.7 Å². The van der Waals surface area contributed by atoms with Crippen LogP contribution in [0.4, 0.5) is 0 Å². The maximum Gasteiger partial charge on any atom is 0.199 e. The molecule has 31 heavy (non-hydrogen) atoms. The fraction of sp³-hybridized carbons (Fsp3) is 0.160. The van der Waals surface area contributed by atoms with E-state index in [2.05, 4.69) is 6.92 Å². The Kier molecular flexibility index (Phi) is 5.99. The molecule has 0 aliphatic carbocycles. The molecule has 0 saturated carbocycles. The molecule has 0 N–H and O–H groups in total. The lowest BCUT2D eigenvalue weighted by atomic mass is 10.0. The molecule has 0 radical (unpaired) electrons. The maximum absolute atomic E-state index is 11.8. The molecule has 0 atom stereocenters. The quantitative estimate of drug-likeness (QED) is 0.349. The van der Waals surface area contributed by atoms with Crippen LogP contribution in [0.1, 0.15) is 23.9 Å². The van der Waals surface area contributed by atoms with E-state index in [1.54, 1.807) is 24.3 Å². The van der Waals surface area contributed by atoms with Crippen LogP contribution in [0.3, 0.4) is 0 Å². The molecule has 0 aliphatic rings. The van der Waals surface area contributed by atoms with E-state index < -0.39 is 9.84 Å². The van der Waals surface area contributed by atoms with E-state index in [1.807, 2.05) is 48.5 Å². The predicted octanol–water partition coefficient (Wildman–Crippen LogP) is 6.22. The highest BCUT2D eigenvalue weighted by Crippen LogP contribution is 2.35. The van der Waals surface area contributed by atoms with E-state index in [0.29, 0.717) is 23.8 Å². The summed E-state index contributed by atoms with van der Waals surface area (Å²) in [6.07, 6.45) is 2.56. The molecule has 0 unspecified atom stereocenters. The number of rotatable bonds is 6. The summed E-state index contributed by atoms with van der Waals surface area (Å²) in [5, 5.41) is 0.721. The van der Waals surface area contributed by atoms with Gasteiger partial charge in [-0.1, -0.05) is 54.9 Å². The van der Waals surface area contributed by atoms with Gasteiger partial charge in [0.05, 0.1) is 4.90 Å². The summed E-state index contributed by atoms with van der Waals surface area (Å²) in [6.45, 7) is 2.06. The van der Waals surface area contributed by atoms with E-state index in [-0.39, 0.29) is 4.90 Å². The van der Waals surface area contributed by atoms with Gasteiger partial charge in [-0.05, 0) is 53.9 Å². The second-order valence-corrected chi connectivity index (χ2v) is 9.83. The zero-order chi connectivity index (χ0) is 22.0. The monoisotopic (exact) mass is 451 g/mol. The molecular formula is C25H22ClNO3S. The zero-order valence-electron chi connectivity index (χ0n) is 17.3. The number of benzene rings is 3. The molecule has 0 spiro atoms. The molecule has 4 aromatic rings. The van der Waals surface area contributed by atoms with Crippen molar-refractivity contribution in [3.63, 3.8) is 0 Å². The van der Waals surface area contributed by atoms with Crippen LogP contribution >= 0.6 is 11.6 Å². The number of halogens is 1. The third-order valence-corrected chi connectivity index (χ3v) is 6.61. The van der Waals surface area contributed by atoms with Crippen molar-refractivity contribution in [3.8, 4) is 22.6 Å². The van der Waals surface area contributed by atoms with E-state index in [4.69, 9.17) is 21.0 Å². The fourth-order valence-electron chi connectivity index (χ4n) is 3.45. The number of sulfone groups is 1. The van der Waals surface area contributed by atoms with Crippen LogP contribution < -0.4 is 0 Å². The number of oxazole rings is 1. The highest BCUT2D eigenvalue weighted by molar-refractivity contribution is 7.90. The van der Waals surface area contributed by atoms with Crippen molar-refractivity contribution >= 4 is 21.4 Å². The van der Waals surface area contributed by atoms with Crippen molar-refractivity contribution in [2.24, 2.45) is 0 Å². The number of aryl methyl sites for hydroxylation is 1. The highest BCUT2D eigenvalue weighted by Gasteiger charge is 2.19. The van der Waals surface area contributed by atoms with Crippen LogP contribution in [0.15, 0.2) is 82.1 Å². The summed E-state index contributed by atoms with van der Waals surface area (Å²) in [7, 11) is -3.27. The molecule has 3 aromatic carbocycles. The van der Waals surface area contributed by atoms with Crippen molar-refractivity contribution in [1.29, 1.82) is 0 Å². The van der Waals surface area contributed by atoms with Crippen molar-refractivity contribution in [2.75, 3.05) is 6.26 Å². The number of hydrogen-bond donors (Lipinski definition) is 0. The first-order valence-corrected chi connectivity index (χ1v) is 12.2. The Labute approximate surface area is 187 Å². The van der Waals surface area contributed by atoms with Gasteiger partial charge in [-0.25, -0.2) is 13.4 Å². The molecule has 4 rings (SSSR count). The highest BCUT2D eigenvalue weighted by atomic mass is 35.5. The van der Waals surface area contributed by atoms with Gasteiger partial charge in [-0.2, -0.15) is 0 Å². The summed E-state index contributed by atoms with van der Waals surface area (Å²) in [4.78, 5) is 5.07. The van der Waals surface area contributed by atoms with Crippen molar-refractivity contribution in [1.82, 2.24) is 4.98 Å². The molecule has 1 aromatic heterocycles. The molecule has 0 amide bonds. The van der Waals surface area contributed by atoms with E-state index >= 15 is 0 Å². The van der Waals surface area contributed by atoms with Crippen LogP contribution in [0.5, 0.6) is 0 Å². The van der Waals surface area contributed by atoms with Crippen LogP contribution in [-0.4, -0.2) is 19.7 Å².